The number of nitrogens with zero attached hydrogens (tertiary/aromatic N) is 2. The first-order valence-corrected chi connectivity index (χ1v) is 8.03. The third-order valence-electron chi connectivity index (χ3n) is 3.72. The number of carboxylic acid groups (broad SMARTS) is 1. The van der Waals surface area contributed by atoms with Gasteiger partial charge in [-0.15, -0.1) is 0 Å². The Morgan fingerprint density at radius 3 is 2.80 bits per heavy atom. The van der Waals surface area contributed by atoms with Crippen molar-refractivity contribution in [1.29, 1.82) is 0 Å². The number of aliphatic carboxylic acids is 1. The molecule has 1 aromatic heterocycles. The van der Waals surface area contributed by atoms with Crippen LogP contribution in [0.5, 0.6) is 0 Å². The number of nitrogens with one attached hydrogen (secondary N) is 1. The van der Waals surface area contributed by atoms with Gasteiger partial charge in [0.15, 0.2) is 0 Å². The summed E-state index contributed by atoms with van der Waals surface area (Å²) >= 11 is 0. The molecule has 0 spiro atoms. The lowest BCUT2D eigenvalue weighted by Gasteiger charge is -2.38. The zero-order valence-corrected chi connectivity index (χ0v) is 12.2. The van der Waals surface area contributed by atoms with Gasteiger partial charge < -0.3 is 5.11 Å². The van der Waals surface area contributed by atoms with Crippen LogP contribution in [-0.2, 0) is 21.4 Å². The second-order valence-electron chi connectivity index (χ2n) is 5.57. The predicted octanol–water partition coefficient (Wildman–Crippen LogP) is 0.826. The highest BCUT2D eigenvalue weighted by atomic mass is 32.2. The SMILES string of the molecule is CC1(CNS(=O)(=O)c2cnn(CCC(=O)O)c2)CCC1. The van der Waals surface area contributed by atoms with Crippen LogP contribution in [0.25, 0.3) is 0 Å². The average Bonchev–Trinajstić information content (AvgIpc) is 2.81. The molecule has 112 valence electrons. The largest absolute Gasteiger partial charge is 0.481 e. The number of carbonyl (C=O) groups is 1. The van der Waals surface area contributed by atoms with Gasteiger partial charge in [0, 0.05) is 12.7 Å². The Morgan fingerprint density at radius 1 is 1.55 bits per heavy atom. The van der Waals surface area contributed by atoms with Crippen LogP contribution in [-0.4, -0.2) is 35.8 Å². The smallest absolute Gasteiger partial charge is 0.305 e. The summed E-state index contributed by atoms with van der Waals surface area (Å²) in [6.07, 6.45) is 5.72. The van der Waals surface area contributed by atoms with Gasteiger partial charge >= 0.3 is 5.97 Å². The highest BCUT2D eigenvalue weighted by Gasteiger charge is 2.33. The molecule has 0 unspecified atom stereocenters. The molecule has 0 bridgehead atoms. The van der Waals surface area contributed by atoms with E-state index in [1.807, 2.05) is 0 Å². The van der Waals surface area contributed by atoms with E-state index in [0.29, 0.717) is 6.54 Å². The summed E-state index contributed by atoms with van der Waals surface area (Å²) in [7, 11) is -3.57. The highest BCUT2D eigenvalue weighted by Crippen LogP contribution is 2.39. The van der Waals surface area contributed by atoms with Crippen molar-refractivity contribution in [1.82, 2.24) is 14.5 Å². The molecule has 2 N–H and O–H groups in total. The lowest BCUT2D eigenvalue weighted by atomic mass is 9.71. The minimum Gasteiger partial charge on any atom is -0.481 e. The Bertz CT molecular complexity index is 590. The molecule has 8 heteroatoms. The molecule has 0 saturated heterocycles. The second-order valence-corrected chi connectivity index (χ2v) is 7.34. The summed E-state index contributed by atoms with van der Waals surface area (Å²) in [6.45, 7) is 2.65. The fraction of sp³-hybridized carbons (Fsp3) is 0.667. The maximum Gasteiger partial charge on any atom is 0.305 e. The first-order chi connectivity index (χ1) is 9.31. The van der Waals surface area contributed by atoms with E-state index in [-0.39, 0.29) is 23.3 Å². The molecule has 0 atom stereocenters. The van der Waals surface area contributed by atoms with Crippen LogP contribution in [0, 0.1) is 5.41 Å². The number of carboxylic acids is 1. The van der Waals surface area contributed by atoms with E-state index in [2.05, 4.69) is 16.7 Å². The first kappa shape index (κ1) is 15.0. The molecule has 1 saturated carbocycles. The number of aryl methyl sites for hydroxylation is 1. The van der Waals surface area contributed by atoms with E-state index >= 15 is 0 Å². The van der Waals surface area contributed by atoms with Crippen LogP contribution in [0.15, 0.2) is 17.3 Å². The Balaban J connectivity index is 1.96. The van der Waals surface area contributed by atoms with Crippen molar-refractivity contribution in [3.05, 3.63) is 12.4 Å². The van der Waals surface area contributed by atoms with Gasteiger partial charge in [0.2, 0.25) is 10.0 Å². The molecule has 0 aromatic carbocycles. The maximum atomic E-state index is 12.1. The molecule has 1 aliphatic rings. The molecule has 0 aliphatic heterocycles. The Hall–Kier alpha value is -1.41. The number of hydrogen-bond acceptors (Lipinski definition) is 4. The third-order valence-corrected chi connectivity index (χ3v) is 5.08. The van der Waals surface area contributed by atoms with E-state index < -0.39 is 16.0 Å². The van der Waals surface area contributed by atoms with Crippen molar-refractivity contribution >= 4 is 16.0 Å². The summed E-state index contributed by atoms with van der Waals surface area (Å²) in [6, 6.07) is 0. The van der Waals surface area contributed by atoms with E-state index in [1.54, 1.807) is 0 Å². The van der Waals surface area contributed by atoms with Crippen LogP contribution in [0.1, 0.15) is 32.6 Å². The standard InChI is InChI=1S/C12H19N3O4S/c1-12(4-2-5-12)9-14-20(18,19)10-7-13-15(8-10)6-3-11(16)17/h7-8,14H,2-6,9H2,1H3,(H,16,17). The monoisotopic (exact) mass is 301 g/mol. The summed E-state index contributed by atoms with van der Waals surface area (Å²) in [5, 5.41) is 12.4. The fourth-order valence-electron chi connectivity index (χ4n) is 2.13. The fourth-order valence-corrected chi connectivity index (χ4v) is 3.28. The molecule has 0 radical (unpaired) electrons. The molecule has 7 nitrogen and oxygen atoms in total. The molecule has 1 heterocycles. The molecule has 1 aromatic rings. The van der Waals surface area contributed by atoms with Crippen LogP contribution < -0.4 is 4.72 Å². The van der Waals surface area contributed by atoms with Crippen molar-refractivity contribution in [2.24, 2.45) is 5.41 Å². The van der Waals surface area contributed by atoms with Crippen LogP contribution in [0.2, 0.25) is 0 Å². The molecular weight excluding hydrogens is 282 g/mol. The quantitative estimate of drug-likeness (QED) is 0.776. The Kier molecular flexibility index (Phi) is 4.14. The second kappa shape index (κ2) is 5.53. The normalized spacial score (nSPS) is 17.6. The van der Waals surface area contributed by atoms with Gasteiger partial charge in [-0.1, -0.05) is 13.3 Å². The Morgan fingerprint density at radius 2 is 2.25 bits per heavy atom. The van der Waals surface area contributed by atoms with Gasteiger partial charge in [-0.3, -0.25) is 9.48 Å². The van der Waals surface area contributed by atoms with E-state index in [1.165, 1.54) is 17.1 Å². The zero-order chi connectivity index (χ0) is 14.8. The van der Waals surface area contributed by atoms with Crippen molar-refractivity contribution in [2.75, 3.05) is 6.54 Å². The predicted molar refractivity (Wildman–Crippen MR) is 71.6 cm³/mol. The summed E-state index contributed by atoms with van der Waals surface area (Å²) < 4.78 is 28.1. The van der Waals surface area contributed by atoms with Gasteiger partial charge in [-0.25, -0.2) is 13.1 Å². The Labute approximate surface area is 118 Å². The number of rotatable bonds is 7. The minimum absolute atomic E-state index is 0.0619. The van der Waals surface area contributed by atoms with E-state index in [4.69, 9.17) is 5.11 Å². The molecular formula is C12H19N3O4S. The van der Waals surface area contributed by atoms with Gasteiger partial charge in [0.1, 0.15) is 4.90 Å². The van der Waals surface area contributed by atoms with Gasteiger partial charge in [0.25, 0.3) is 0 Å². The van der Waals surface area contributed by atoms with Crippen molar-refractivity contribution < 1.29 is 18.3 Å². The maximum absolute atomic E-state index is 12.1. The van der Waals surface area contributed by atoms with Crippen LogP contribution in [0.4, 0.5) is 0 Å². The zero-order valence-electron chi connectivity index (χ0n) is 11.4. The topological polar surface area (TPSA) is 101 Å². The molecule has 20 heavy (non-hydrogen) atoms. The van der Waals surface area contributed by atoms with E-state index in [0.717, 1.165) is 19.3 Å². The molecule has 2 rings (SSSR count). The first-order valence-electron chi connectivity index (χ1n) is 6.55. The lowest BCUT2D eigenvalue weighted by Crippen LogP contribution is -2.39. The highest BCUT2D eigenvalue weighted by molar-refractivity contribution is 7.89. The third kappa shape index (κ3) is 3.57. The average molecular weight is 301 g/mol. The number of aromatic nitrogens is 2. The molecule has 0 amide bonds. The van der Waals surface area contributed by atoms with Crippen molar-refractivity contribution in [3.63, 3.8) is 0 Å². The van der Waals surface area contributed by atoms with Gasteiger partial charge in [-0.05, 0) is 18.3 Å². The lowest BCUT2D eigenvalue weighted by molar-refractivity contribution is -0.137. The number of sulfonamides is 1. The minimum atomic E-state index is -3.57. The van der Waals surface area contributed by atoms with Crippen LogP contribution >= 0.6 is 0 Å². The van der Waals surface area contributed by atoms with E-state index in [9.17, 15) is 13.2 Å². The van der Waals surface area contributed by atoms with Crippen LogP contribution in [0.3, 0.4) is 0 Å². The van der Waals surface area contributed by atoms with Gasteiger partial charge in [0.05, 0.1) is 19.2 Å². The number of hydrogen-bond donors (Lipinski definition) is 2. The van der Waals surface area contributed by atoms with Crippen molar-refractivity contribution in [3.8, 4) is 0 Å². The summed E-state index contributed by atoms with van der Waals surface area (Å²) in [5.41, 5.74) is 0.0619. The molecule has 1 fully saturated rings. The van der Waals surface area contributed by atoms with Crippen molar-refractivity contribution in [2.45, 2.75) is 44.0 Å². The van der Waals surface area contributed by atoms with Gasteiger partial charge in [-0.2, -0.15) is 5.10 Å². The summed E-state index contributed by atoms with van der Waals surface area (Å²) in [5.74, 6) is -0.944. The summed E-state index contributed by atoms with van der Waals surface area (Å²) in [4.78, 5) is 10.5. The molecule has 1 aliphatic carbocycles.